The van der Waals surface area contributed by atoms with Gasteiger partial charge in [-0.15, -0.1) is 0 Å². The lowest BCUT2D eigenvalue weighted by Gasteiger charge is -2.13. The van der Waals surface area contributed by atoms with Crippen LogP contribution in [0, 0.1) is 0 Å². The van der Waals surface area contributed by atoms with E-state index in [-0.39, 0.29) is 5.11 Å². The first-order chi connectivity index (χ1) is 14.1. The van der Waals surface area contributed by atoms with E-state index in [4.69, 9.17) is 38.6 Å². The van der Waals surface area contributed by atoms with Gasteiger partial charge >= 0.3 is 0 Å². The molecule has 2 rings (SSSR count). The van der Waals surface area contributed by atoms with Gasteiger partial charge in [-0.05, 0) is 42.1 Å². The summed E-state index contributed by atoms with van der Waals surface area (Å²) in [5.74, 6) is 1.58. The maximum Gasteiger partial charge on any atom is 0.205 e. The molecule has 10 heteroatoms. The SMILES string of the molecule is COc1cc(/C=N/NC(=S)NNC(=S)NCc2ccccc2)cc(OC)c1OC. The minimum atomic E-state index is 0.248. The van der Waals surface area contributed by atoms with Gasteiger partial charge < -0.3 is 19.5 Å². The van der Waals surface area contributed by atoms with Crippen LogP contribution in [0.25, 0.3) is 0 Å². The lowest BCUT2D eigenvalue weighted by molar-refractivity contribution is 0.324. The van der Waals surface area contributed by atoms with Crippen LogP contribution in [0.4, 0.5) is 0 Å². The third-order valence-corrected chi connectivity index (χ3v) is 4.09. The van der Waals surface area contributed by atoms with Crippen molar-refractivity contribution in [3.8, 4) is 17.2 Å². The fraction of sp³-hybridized carbons (Fsp3) is 0.211. The van der Waals surface area contributed by atoms with E-state index in [1.807, 2.05) is 30.3 Å². The predicted octanol–water partition coefficient (Wildman–Crippen LogP) is 2.09. The van der Waals surface area contributed by atoms with Crippen molar-refractivity contribution >= 4 is 40.9 Å². The maximum absolute atomic E-state index is 5.31. The molecule has 0 unspecified atom stereocenters. The maximum atomic E-state index is 5.31. The van der Waals surface area contributed by atoms with Gasteiger partial charge in [-0.1, -0.05) is 30.3 Å². The number of hydrogen-bond acceptors (Lipinski definition) is 6. The first-order valence-corrected chi connectivity index (χ1v) is 9.35. The van der Waals surface area contributed by atoms with Crippen molar-refractivity contribution in [1.29, 1.82) is 0 Å². The summed E-state index contributed by atoms with van der Waals surface area (Å²) >= 11 is 10.3. The monoisotopic (exact) mass is 433 g/mol. The van der Waals surface area contributed by atoms with Gasteiger partial charge in [0.05, 0.1) is 27.5 Å². The van der Waals surface area contributed by atoms with Gasteiger partial charge in [0.15, 0.2) is 16.6 Å². The van der Waals surface area contributed by atoms with Crippen molar-refractivity contribution in [2.45, 2.75) is 6.54 Å². The lowest BCUT2D eigenvalue weighted by atomic mass is 10.2. The molecule has 0 spiro atoms. The van der Waals surface area contributed by atoms with Crippen LogP contribution < -0.4 is 35.8 Å². The standard InChI is InChI=1S/C19H23N5O3S2/c1-25-15-9-14(10-16(26-2)17(15)27-3)12-21-22-19(29)24-23-18(28)20-11-13-7-5-4-6-8-13/h4-10,12H,11H2,1-3H3,(H2,20,23,28)(H2,22,24,29)/b21-12+. The van der Waals surface area contributed by atoms with Crippen LogP contribution >= 0.6 is 24.4 Å². The average molecular weight is 434 g/mol. The van der Waals surface area contributed by atoms with Gasteiger partial charge in [0.25, 0.3) is 0 Å². The van der Waals surface area contributed by atoms with Gasteiger partial charge in [-0.25, -0.2) is 0 Å². The Kier molecular flexibility index (Phi) is 8.93. The average Bonchev–Trinajstić information content (AvgIpc) is 2.76. The molecule has 8 nitrogen and oxygen atoms in total. The molecule has 0 aromatic heterocycles. The molecule has 154 valence electrons. The van der Waals surface area contributed by atoms with Crippen molar-refractivity contribution in [3.05, 3.63) is 53.6 Å². The molecule has 29 heavy (non-hydrogen) atoms. The first-order valence-electron chi connectivity index (χ1n) is 8.54. The second-order valence-corrected chi connectivity index (χ2v) is 6.39. The Morgan fingerprint density at radius 2 is 1.55 bits per heavy atom. The van der Waals surface area contributed by atoms with E-state index in [2.05, 4.69) is 26.7 Å². The van der Waals surface area contributed by atoms with Gasteiger partial charge in [-0.2, -0.15) is 5.10 Å². The van der Waals surface area contributed by atoms with Gasteiger partial charge in [0.1, 0.15) is 0 Å². The molecule has 0 atom stereocenters. The number of hydrazine groups is 1. The highest BCUT2D eigenvalue weighted by Gasteiger charge is 2.12. The van der Waals surface area contributed by atoms with E-state index < -0.39 is 0 Å². The Balaban J connectivity index is 1.81. The van der Waals surface area contributed by atoms with Crippen LogP contribution in [-0.2, 0) is 6.54 Å². The number of methoxy groups -OCH3 is 3. The smallest absolute Gasteiger partial charge is 0.205 e. The molecule has 2 aromatic rings. The summed E-state index contributed by atoms with van der Waals surface area (Å²) in [6.07, 6.45) is 1.57. The molecule has 4 N–H and O–H groups in total. The molecular formula is C19H23N5O3S2. The summed E-state index contributed by atoms with van der Waals surface area (Å²) in [5.41, 5.74) is 10.1. The molecule has 0 aliphatic heterocycles. The summed E-state index contributed by atoms with van der Waals surface area (Å²) in [6, 6.07) is 13.5. The third-order valence-electron chi connectivity index (χ3n) is 3.65. The minimum absolute atomic E-state index is 0.248. The number of hydrogen-bond donors (Lipinski definition) is 4. The van der Waals surface area contributed by atoms with Crippen LogP contribution in [0.3, 0.4) is 0 Å². The highest BCUT2D eigenvalue weighted by atomic mass is 32.1. The predicted molar refractivity (Wildman–Crippen MR) is 122 cm³/mol. The summed E-state index contributed by atoms with van der Waals surface area (Å²) in [5, 5.41) is 7.81. The number of ether oxygens (including phenoxy) is 3. The normalized spacial score (nSPS) is 10.2. The van der Waals surface area contributed by atoms with Crippen LogP contribution in [0.1, 0.15) is 11.1 Å². The molecule has 0 saturated carbocycles. The molecule has 0 radical (unpaired) electrons. The van der Waals surface area contributed by atoms with E-state index in [1.165, 1.54) is 0 Å². The van der Waals surface area contributed by atoms with Crippen molar-refractivity contribution in [2.24, 2.45) is 5.10 Å². The van der Waals surface area contributed by atoms with Crippen molar-refractivity contribution < 1.29 is 14.2 Å². The van der Waals surface area contributed by atoms with Crippen molar-refractivity contribution in [2.75, 3.05) is 21.3 Å². The Morgan fingerprint density at radius 1 is 0.931 bits per heavy atom. The highest BCUT2D eigenvalue weighted by Crippen LogP contribution is 2.37. The molecule has 0 fully saturated rings. The largest absolute Gasteiger partial charge is 0.493 e. The van der Waals surface area contributed by atoms with Crippen molar-refractivity contribution in [3.63, 3.8) is 0 Å². The van der Waals surface area contributed by atoms with Crippen LogP contribution in [0.5, 0.6) is 17.2 Å². The molecule has 2 aromatic carbocycles. The quantitative estimate of drug-likeness (QED) is 0.298. The minimum Gasteiger partial charge on any atom is -0.493 e. The fourth-order valence-electron chi connectivity index (χ4n) is 2.31. The second-order valence-electron chi connectivity index (χ2n) is 5.58. The highest BCUT2D eigenvalue weighted by molar-refractivity contribution is 7.80. The number of benzene rings is 2. The Bertz CT molecular complexity index is 837. The Labute approximate surface area is 180 Å². The van der Waals surface area contributed by atoms with Gasteiger partial charge in [0, 0.05) is 12.1 Å². The number of thiocarbonyl (C=S) groups is 2. The second kappa shape index (κ2) is 11.7. The molecule has 0 aliphatic rings. The van der Waals surface area contributed by atoms with E-state index in [0.29, 0.717) is 28.9 Å². The Hall–Kier alpha value is -3.11. The van der Waals surface area contributed by atoms with Crippen LogP contribution in [0.15, 0.2) is 47.6 Å². The number of nitrogens with one attached hydrogen (secondary N) is 4. The molecular weight excluding hydrogens is 410 g/mol. The topological polar surface area (TPSA) is 88.2 Å². The van der Waals surface area contributed by atoms with E-state index in [9.17, 15) is 0 Å². The molecule has 0 bridgehead atoms. The summed E-state index contributed by atoms with van der Waals surface area (Å²) in [6.45, 7) is 0.605. The molecule has 0 amide bonds. The summed E-state index contributed by atoms with van der Waals surface area (Å²) < 4.78 is 15.9. The zero-order valence-corrected chi connectivity index (χ0v) is 17.9. The van der Waals surface area contributed by atoms with Crippen molar-refractivity contribution in [1.82, 2.24) is 21.6 Å². The number of nitrogens with zero attached hydrogens (tertiary/aromatic N) is 1. The van der Waals surface area contributed by atoms with Gasteiger partial charge in [-0.3, -0.25) is 16.3 Å². The number of rotatable bonds is 7. The fourth-order valence-corrected chi connectivity index (χ4v) is 2.53. The zero-order chi connectivity index (χ0) is 21.1. The van der Waals surface area contributed by atoms with E-state index in [0.717, 1.165) is 11.1 Å². The van der Waals surface area contributed by atoms with Gasteiger partial charge in [0.2, 0.25) is 10.9 Å². The van der Waals surface area contributed by atoms with E-state index >= 15 is 0 Å². The first kappa shape index (κ1) is 22.2. The summed E-state index contributed by atoms with van der Waals surface area (Å²) in [7, 11) is 4.65. The summed E-state index contributed by atoms with van der Waals surface area (Å²) in [4.78, 5) is 0. The van der Waals surface area contributed by atoms with Crippen LogP contribution in [0.2, 0.25) is 0 Å². The lowest BCUT2D eigenvalue weighted by Crippen LogP contribution is -2.49. The molecule has 0 heterocycles. The third kappa shape index (κ3) is 7.09. The zero-order valence-electron chi connectivity index (χ0n) is 16.3. The van der Waals surface area contributed by atoms with E-state index in [1.54, 1.807) is 39.7 Å². The number of hydrazone groups is 1. The Morgan fingerprint density at radius 3 is 2.14 bits per heavy atom. The molecule has 0 aliphatic carbocycles. The molecule has 0 saturated heterocycles. The van der Waals surface area contributed by atoms with Crippen LogP contribution in [-0.4, -0.2) is 37.8 Å².